The molecule has 0 aliphatic carbocycles. The van der Waals surface area contributed by atoms with Crippen molar-refractivity contribution >= 4 is 11.6 Å². The van der Waals surface area contributed by atoms with Crippen LogP contribution in [0, 0.1) is 0 Å². The van der Waals surface area contributed by atoms with E-state index in [1.54, 1.807) is 4.40 Å². The first-order valence-electron chi connectivity index (χ1n) is 4.96. The summed E-state index contributed by atoms with van der Waals surface area (Å²) >= 11 is 0. The largest absolute Gasteiger partial charge is 0.476 e. The second kappa shape index (κ2) is 3.30. The normalized spacial score (nSPS) is 11.9. The Balaban J connectivity index is 2.59. The van der Waals surface area contributed by atoms with Crippen LogP contribution in [0.2, 0.25) is 0 Å². The number of aromatic nitrogens is 3. The van der Waals surface area contributed by atoms with Crippen molar-refractivity contribution in [3.8, 4) is 0 Å². The third-order valence-corrected chi connectivity index (χ3v) is 2.33. The topological polar surface area (TPSA) is 67.5 Å². The van der Waals surface area contributed by atoms with Gasteiger partial charge in [0.05, 0.1) is 11.9 Å². The first-order chi connectivity index (χ1) is 7.38. The van der Waals surface area contributed by atoms with E-state index in [1.165, 1.54) is 12.4 Å². The number of carboxylic acids is 1. The van der Waals surface area contributed by atoms with Gasteiger partial charge in [-0.1, -0.05) is 20.8 Å². The van der Waals surface area contributed by atoms with Crippen LogP contribution in [-0.4, -0.2) is 25.4 Å². The zero-order valence-electron chi connectivity index (χ0n) is 9.43. The lowest BCUT2D eigenvalue weighted by molar-refractivity contribution is 0.0690. The van der Waals surface area contributed by atoms with Gasteiger partial charge in [0.15, 0.2) is 11.3 Å². The van der Waals surface area contributed by atoms with E-state index in [9.17, 15) is 4.79 Å². The molecule has 5 heteroatoms. The number of carboxylic acid groups (broad SMARTS) is 1. The van der Waals surface area contributed by atoms with Gasteiger partial charge in [-0.05, 0) is 0 Å². The number of hydrogen-bond donors (Lipinski definition) is 1. The van der Waals surface area contributed by atoms with Crippen LogP contribution < -0.4 is 0 Å². The Kier molecular flexibility index (Phi) is 2.18. The van der Waals surface area contributed by atoms with Crippen LogP contribution in [0.25, 0.3) is 5.65 Å². The molecule has 5 nitrogen and oxygen atoms in total. The van der Waals surface area contributed by atoms with Crippen LogP contribution in [0.3, 0.4) is 0 Å². The Labute approximate surface area is 92.8 Å². The van der Waals surface area contributed by atoms with E-state index in [2.05, 4.69) is 30.7 Å². The molecule has 0 aromatic carbocycles. The maximum Gasteiger partial charge on any atom is 0.356 e. The number of aromatic carboxylic acids is 1. The van der Waals surface area contributed by atoms with Crippen molar-refractivity contribution in [2.45, 2.75) is 26.2 Å². The molecule has 2 rings (SSSR count). The van der Waals surface area contributed by atoms with Crippen LogP contribution in [0.15, 0.2) is 18.6 Å². The summed E-state index contributed by atoms with van der Waals surface area (Å²) in [5.74, 6) is -1.03. The van der Waals surface area contributed by atoms with Gasteiger partial charge in [0, 0.05) is 17.8 Å². The second-order valence-electron chi connectivity index (χ2n) is 4.72. The zero-order chi connectivity index (χ0) is 11.9. The number of carbonyl (C=O) groups is 1. The van der Waals surface area contributed by atoms with Crippen LogP contribution in [-0.2, 0) is 5.41 Å². The summed E-state index contributed by atoms with van der Waals surface area (Å²) in [6.45, 7) is 6.17. The van der Waals surface area contributed by atoms with E-state index in [-0.39, 0.29) is 11.1 Å². The minimum absolute atomic E-state index is 0.0189. The molecule has 0 saturated heterocycles. The first kappa shape index (κ1) is 10.6. The quantitative estimate of drug-likeness (QED) is 0.793. The van der Waals surface area contributed by atoms with E-state index in [4.69, 9.17) is 5.11 Å². The standard InChI is InChI=1S/C11H13N3O2/c1-11(2,3)8-6-14-5-7(10(15)16)12-4-9(14)13-8/h4-6H,1-3H3,(H,15,16). The van der Waals surface area contributed by atoms with E-state index >= 15 is 0 Å². The average molecular weight is 219 g/mol. The smallest absolute Gasteiger partial charge is 0.356 e. The number of fused-ring (bicyclic) bond motifs is 1. The lowest BCUT2D eigenvalue weighted by Crippen LogP contribution is -2.11. The monoisotopic (exact) mass is 219 g/mol. The Morgan fingerprint density at radius 1 is 1.38 bits per heavy atom. The van der Waals surface area contributed by atoms with Crippen molar-refractivity contribution in [3.63, 3.8) is 0 Å². The van der Waals surface area contributed by atoms with Gasteiger partial charge in [0.2, 0.25) is 0 Å². The van der Waals surface area contributed by atoms with Gasteiger partial charge in [0.25, 0.3) is 0 Å². The van der Waals surface area contributed by atoms with Crippen LogP contribution in [0.1, 0.15) is 37.0 Å². The summed E-state index contributed by atoms with van der Waals surface area (Å²) in [5, 5.41) is 8.81. The van der Waals surface area contributed by atoms with Crippen molar-refractivity contribution in [2.24, 2.45) is 0 Å². The number of imidazole rings is 1. The molecule has 2 aromatic heterocycles. The highest BCUT2D eigenvalue weighted by atomic mass is 16.4. The molecule has 0 radical (unpaired) electrons. The molecule has 0 amide bonds. The fraction of sp³-hybridized carbons (Fsp3) is 0.364. The second-order valence-corrected chi connectivity index (χ2v) is 4.72. The van der Waals surface area contributed by atoms with E-state index in [1.807, 2.05) is 6.20 Å². The van der Waals surface area contributed by atoms with Gasteiger partial charge in [-0.2, -0.15) is 0 Å². The lowest BCUT2D eigenvalue weighted by Gasteiger charge is -2.13. The summed E-state index contributed by atoms with van der Waals surface area (Å²) in [4.78, 5) is 19.0. The van der Waals surface area contributed by atoms with Gasteiger partial charge < -0.3 is 9.51 Å². The molecule has 0 aliphatic rings. The van der Waals surface area contributed by atoms with Gasteiger partial charge in [-0.25, -0.2) is 14.8 Å². The van der Waals surface area contributed by atoms with Crippen molar-refractivity contribution in [1.29, 1.82) is 0 Å². The number of rotatable bonds is 1. The summed E-state index contributed by atoms with van der Waals surface area (Å²) in [6, 6.07) is 0. The molecule has 0 unspecified atom stereocenters. The number of hydrogen-bond acceptors (Lipinski definition) is 3. The molecule has 0 fully saturated rings. The Morgan fingerprint density at radius 2 is 2.06 bits per heavy atom. The summed E-state index contributed by atoms with van der Waals surface area (Å²) in [6.07, 6.45) is 4.78. The van der Waals surface area contributed by atoms with Crippen molar-refractivity contribution in [3.05, 3.63) is 30.0 Å². The zero-order valence-corrected chi connectivity index (χ0v) is 9.43. The van der Waals surface area contributed by atoms with Crippen LogP contribution in [0.5, 0.6) is 0 Å². The molecule has 2 heterocycles. The molecule has 0 atom stereocenters. The maximum absolute atomic E-state index is 10.8. The molecule has 0 spiro atoms. The predicted octanol–water partition coefficient (Wildman–Crippen LogP) is 1.72. The van der Waals surface area contributed by atoms with Crippen LogP contribution >= 0.6 is 0 Å². The highest BCUT2D eigenvalue weighted by Crippen LogP contribution is 2.21. The summed E-state index contributed by atoms with van der Waals surface area (Å²) < 4.78 is 1.69. The fourth-order valence-corrected chi connectivity index (χ4v) is 1.37. The first-order valence-corrected chi connectivity index (χ1v) is 4.96. The molecular formula is C11H13N3O2. The Bertz CT molecular complexity index is 552. The molecule has 0 aliphatic heterocycles. The maximum atomic E-state index is 10.8. The third-order valence-electron chi connectivity index (χ3n) is 2.33. The minimum Gasteiger partial charge on any atom is -0.476 e. The van der Waals surface area contributed by atoms with Crippen molar-refractivity contribution in [2.75, 3.05) is 0 Å². The Hall–Kier alpha value is -1.91. The lowest BCUT2D eigenvalue weighted by atomic mass is 9.93. The van der Waals surface area contributed by atoms with Crippen LogP contribution in [0.4, 0.5) is 0 Å². The van der Waals surface area contributed by atoms with E-state index < -0.39 is 5.97 Å². The number of nitrogens with zero attached hydrogens (tertiary/aromatic N) is 3. The molecule has 84 valence electrons. The highest BCUT2D eigenvalue weighted by molar-refractivity contribution is 5.85. The average Bonchev–Trinajstić information content (AvgIpc) is 2.58. The highest BCUT2D eigenvalue weighted by Gasteiger charge is 2.18. The van der Waals surface area contributed by atoms with Crippen molar-refractivity contribution < 1.29 is 9.90 Å². The summed E-state index contributed by atoms with van der Waals surface area (Å²) in [7, 11) is 0. The Morgan fingerprint density at radius 3 is 2.62 bits per heavy atom. The molecule has 0 saturated carbocycles. The van der Waals surface area contributed by atoms with E-state index in [0.29, 0.717) is 5.65 Å². The fourth-order valence-electron chi connectivity index (χ4n) is 1.37. The van der Waals surface area contributed by atoms with Gasteiger partial charge in [-0.15, -0.1) is 0 Å². The van der Waals surface area contributed by atoms with E-state index in [0.717, 1.165) is 5.69 Å². The van der Waals surface area contributed by atoms with Crippen molar-refractivity contribution in [1.82, 2.24) is 14.4 Å². The molecule has 16 heavy (non-hydrogen) atoms. The SMILES string of the molecule is CC(C)(C)c1cn2cc(C(=O)O)ncc2n1. The molecule has 0 bridgehead atoms. The van der Waals surface area contributed by atoms with Gasteiger partial charge >= 0.3 is 5.97 Å². The predicted molar refractivity (Wildman–Crippen MR) is 58.6 cm³/mol. The third kappa shape index (κ3) is 1.76. The van der Waals surface area contributed by atoms with Gasteiger partial charge in [0.1, 0.15) is 0 Å². The molecule has 2 aromatic rings. The van der Waals surface area contributed by atoms with Gasteiger partial charge in [-0.3, -0.25) is 0 Å². The molecule has 1 N–H and O–H groups in total. The molecular weight excluding hydrogens is 206 g/mol. The minimum atomic E-state index is -1.03. The summed E-state index contributed by atoms with van der Waals surface area (Å²) in [5.41, 5.74) is 1.53.